The third-order valence-electron chi connectivity index (χ3n) is 4.67. The minimum absolute atomic E-state index is 0.156. The number of carbonyl (C=O) groups excluding carboxylic acids is 1. The van der Waals surface area contributed by atoms with Crippen LogP contribution in [0.3, 0.4) is 0 Å². The molecule has 3 heteroatoms. The molecular weight excluding hydrogens is 274 g/mol. The molecule has 0 unspecified atom stereocenters. The van der Waals surface area contributed by atoms with E-state index in [1.54, 1.807) is 0 Å². The largest absolute Gasteiger partial charge is 0.381 e. The van der Waals surface area contributed by atoms with Crippen molar-refractivity contribution in [1.29, 1.82) is 0 Å². The average Bonchev–Trinajstić information content (AvgIpc) is 2.35. The van der Waals surface area contributed by atoms with E-state index in [-0.39, 0.29) is 16.7 Å². The van der Waals surface area contributed by atoms with E-state index < -0.39 is 0 Å². The van der Waals surface area contributed by atoms with Gasteiger partial charge < -0.3 is 10.1 Å². The molecule has 0 radical (unpaired) electrons. The van der Waals surface area contributed by atoms with E-state index in [2.05, 4.69) is 46.9 Å². The normalized spacial score (nSPS) is 13.0. The maximum atomic E-state index is 12.4. The molecule has 0 fully saturated rings. The van der Waals surface area contributed by atoms with Gasteiger partial charge in [-0.15, -0.1) is 0 Å². The Morgan fingerprint density at radius 1 is 1.05 bits per heavy atom. The Bertz CT molecular complexity index is 319. The number of ether oxygens (including phenoxy) is 1. The summed E-state index contributed by atoms with van der Waals surface area (Å²) in [4.78, 5) is 12.4. The van der Waals surface area contributed by atoms with E-state index in [9.17, 15) is 4.79 Å². The number of amides is 1. The second-order valence-electron chi connectivity index (χ2n) is 8.61. The zero-order chi connectivity index (χ0) is 17.4. The quantitative estimate of drug-likeness (QED) is 0.564. The lowest BCUT2D eigenvalue weighted by molar-refractivity contribution is -0.131. The van der Waals surface area contributed by atoms with Crippen LogP contribution in [-0.2, 0) is 9.53 Å². The molecular formula is C19H39NO2. The van der Waals surface area contributed by atoms with Gasteiger partial charge in [0.05, 0.1) is 0 Å². The van der Waals surface area contributed by atoms with Crippen LogP contribution in [-0.4, -0.2) is 25.7 Å². The smallest absolute Gasteiger partial charge is 0.225 e. The van der Waals surface area contributed by atoms with Crippen LogP contribution in [0.4, 0.5) is 0 Å². The standard InChI is InChI=1S/C19H39NO2/c1-15(2)10-13-22-12-9-11-20-17(21)19(7,8)14-18(5,6)16(3)4/h15-16H,9-14H2,1-8H3,(H,20,21). The first-order valence-corrected chi connectivity index (χ1v) is 8.85. The van der Waals surface area contributed by atoms with E-state index >= 15 is 0 Å². The molecule has 0 saturated heterocycles. The summed E-state index contributed by atoms with van der Waals surface area (Å²) in [7, 11) is 0. The first kappa shape index (κ1) is 21.4. The van der Waals surface area contributed by atoms with Crippen LogP contribution in [0.25, 0.3) is 0 Å². The van der Waals surface area contributed by atoms with Crippen molar-refractivity contribution in [2.75, 3.05) is 19.8 Å². The maximum Gasteiger partial charge on any atom is 0.225 e. The third kappa shape index (κ3) is 8.77. The van der Waals surface area contributed by atoms with Gasteiger partial charge in [0.1, 0.15) is 0 Å². The molecule has 0 heterocycles. The van der Waals surface area contributed by atoms with E-state index in [0.717, 1.165) is 32.5 Å². The number of hydrogen-bond donors (Lipinski definition) is 1. The van der Waals surface area contributed by atoms with Crippen molar-refractivity contribution in [3.63, 3.8) is 0 Å². The number of carbonyl (C=O) groups is 1. The lowest BCUT2D eigenvalue weighted by atomic mass is 9.69. The van der Waals surface area contributed by atoms with Gasteiger partial charge in [-0.3, -0.25) is 4.79 Å². The molecule has 0 bridgehead atoms. The third-order valence-corrected chi connectivity index (χ3v) is 4.67. The fourth-order valence-electron chi connectivity index (χ4n) is 2.46. The molecule has 0 aromatic rings. The molecule has 1 N–H and O–H groups in total. The fraction of sp³-hybridized carbons (Fsp3) is 0.947. The molecule has 132 valence electrons. The van der Waals surface area contributed by atoms with Crippen molar-refractivity contribution < 1.29 is 9.53 Å². The van der Waals surface area contributed by atoms with Gasteiger partial charge in [0.15, 0.2) is 0 Å². The summed E-state index contributed by atoms with van der Waals surface area (Å²) in [6.45, 7) is 19.7. The second kappa shape index (κ2) is 9.54. The Morgan fingerprint density at radius 3 is 2.14 bits per heavy atom. The molecule has 0 spiro atoms. The summed E-state index contributed by atoms with van der Waals surface area (Å²) in [6.07, 6.45) is 2.88. The van der Waals surface area contributed by atoms with Gasteiger partial charge in [-0.2, -0.15) is 0 Å². The first-order chi connectivity index (χ1) is 9.99. The molecule has 0 aromatic heterocycles. The Kier molecular flexibility index (Phi) is 9.30. The highest BCUT2D eigenvalue weighted by atomic mass is 16.5. The van der Waals surface area contributed by atoms with Gasteiger partial charge in [-0.05, 0) is 36.5 Å². The van der Waals surface area contributed by atoms with Crippen LogP contribution in [0, 0.1) is 22.7 Å². The van der Waals surface area contributed by atoms with E-state index in [1.165, 1.54) is 0 Å². The van der Waals surface area contributed by atoms with Crippen LogP contribution >= 0.6 is 0 Å². The van der Waals surface area contributed by atoms with Gasteiger partial charge in [0, 0.05) is 25.2 Å². The average molecular weight is 314 g/mol. The zero-order valence-corrected chi connectivity index (χ0v) is 16.2. The van der Waals surface area contributed by atoms with E-state index in [0.29, 0.717) is 18.4 Å². The molecule has 0 atom stereocenters. The molecule has 22 heavy (non-hydrogen) atoms. The molecule has 0 rings (SSSR count). The van der Waals surface area contributed by atoms with E-state index in [1.807, 2.05) is 13.8 Å². The minimum Gasteiger partial charge on any atom is -0.381 e. The summed E-state index contributed by atoms with van der Waals surface area (Å²) in [5.74, 6) is 1.40. The predicted molar refractivity (Wildman–Crippen MR) is 94.9 cm³/mol. The van der Waals surface area contributed by atoms with Crippen LogP contribution in [0.5, 0.6) is 0 Å². The highest BCUT2D eigenvalue weighted by molar-refractivity contribution is 5.81. The van der Waals surface area contributed by atoms with Gasteiger partial charge in [0.2, 0.25) is 5.91 Å². The van der Waals surface area contributed by atoms with Crippen LogP contribution in [0.1, 0.15) is 74.7 Å². The monoisotopic (exact) mass is 313 g/mol. The number of rotatable bonds is 11. The first-order valence-electron chi connectivity index (χ1n) is 8.85. The Morgan fingerprint density at radius 2 is 1.64 bits per heavy atom. The maximum absolute atomic E-state index is 12.4. The molecule has 0 aliphatic carbocycles. The summed E-state index contributed by atoms with van der Waals surface area (Å²) in [5.41, 5.74) is -0.160. The van der Waals surface area contributed by atoms with E-state index in [4.69, 9.17) is 4.74 Å². The van der Waals surface area contributed by atoms with Crippen molar-refractivity contribution in [3.8, 4) is 0 Å². The Labute approximate surface area is 138 Å². The molecule has 0 saturated carbocycles. The van der Waals surface area contributed by atoms with Crippen LogP contribution in [0.2, 0.25) is 0 Å². The van der Waals surface area contributed by atoms with Gasteiger partial charge in [-0.1, -0.05) is 55.4 Å². The van der Waals surface area contributed by atoms with Crippen LogP contribution in [0.15, 0.2) is 0 Å². The minimum atomic E-state index is -0.327. The lowest BCUT2D eigenvalue weighted by Crippen LogP contribution is -2.41. The summed E-state index contributed by atoms with van der Waals surface area (Å²) < 4.78 is 5.57. The van der Waals surface area contributed by atoms with Gasteiger partial charge >= 0.3 is 0 Å². The summed E-state index contributed by atoms with van der Waals surface area (Å²) in [5, 5.41) is 3.07. The van der Waals surface area contributed by atoms with Crippen molar-refractivity contribution in [1.82, 2.24) is 5.32 Å². The van der Waals surface area contributed by atoms with Crippen molar-refractivity contribution in [2.45, 2.75) is 74.7 Å². The topological polar surface area (TPSA) is 38.3 Å². The lowest BCUT2D eigenvalue weighted by Gasteiger charge is -2.37. The number of hydrogen-bond acceptors (Lipinski definition) is 2. The molecule has 0 aliphatic rings. The fourth-order valence-corrected chi connectivity index (χ4v) is 2.46. The van der Waals surface area contributed by atoms with Crippen molar-refractivity contribution in [2.24, 2.45) is 22.7 Å². The molecule has 0 aliphatic heterocycles. The van der Waals surface area contributed by atoms with Gasteiger partial charge in [0.25, 0.3) is 0 Å². The summed E-state index contributed by atoms with van der Waals surface area (Å²) in [6, 6.07) is 0. The highest BCUT2D eigenvalue weighted by Crippen LogP contribution is 2.39. The Hall–Kier alpha value is -0.570. The molecule has 0 aromatic carbocycles. The van der Waals surface area contributed by atoms with Crippen molar-refractivity contribution >= 4 is 5.91 Å². The zero-order valence-electron chi connectivity index (χ0n) is 16.2. The molecule has 3 nitrogen and oxygen atoms in total. The Balaban J connectivity index is 4.00. The van der Waals surface area contributed by atoms with Gasteiger partial charge in [-0.25, -0.2) is 0 Å². The van der Waals surface area contributed by atoms with Crippen molar-refractivity contribution in [3.05, 3.63) is 0 Å². The van der Waals surface area contributed by atoms with Crippen LogP contribution < -0.4 is 5.32 Å². The SMILES string of the molecule is CC(C)CCOCCCNC(=O)C(C)(C)CC(C)(C)C(C)C. The second-order valence-corrected chi connectivity index (χ2v) is 8.61. The molecule has 1 amide bonds. The number of nitrogens with one attached hydrogen (secondary N) is 1. The summed E-state index contributed by atoms with van der Waals surface area (Å²) >= 11 is 0. The predicted octanol–water partition coefficient (Wildman–Crippen LogP) is 4.65. The highest BCUT2D eigenvalue weighted by Gasteiger charge is 2.35.